The molecule has 0 saturated heterocycles. The van der Waals surface area contributed by atoms with Crippen molar-refractivity contribution < 1.29 is 32.3 Å². The lowest BCUT2D eigenvalue weighted by atomic mass is 10.1. The van der Waals surface area contributed by atoms with E-state index in [0.717, 1.165) is 24.3 Å². The molecule has 0 aliphatic carbocycles. The van der Waals surface area contributed by atoms with Gasteiger partial charge >= 0.3 is 12.1 Å². The number of hydrogen-bond acceptors (Lipinski definition) is 4. The summed E-state index contributed by atoms with van der Waals surface area (Å²) in [6, 6.07) is 3.47. The van der Waals surface area contributed by atoms with Crippen LogP contribution in [0.4, 0.5) is 13.2 Å². The van der Waals surface area contributed by atoms with Gasteiger partial charge in [-0.25, -0.2) is 0 Å². The van der Waals surface area contributed by atoms with Crippen LogP contribution in [0.2, 0.25) is 0 Å². The molecule has 0 spiro atoms. The number of rotatable bonds is 5. The Morgan fingerprint density at radius 1 is 1.23 bits per heavy atom. The van der Waals surface area contributed by atoms with Crippen LogP contribution in [-0.2, 0) is 20.5 Å². The Morgan fingerprint density at radius 2 is 1.77 bits per heavy atom. The molecule has 1 rings (SSSR count). The van der Waals surface area contributed by atoms with Crippen LogP contribution in [0, 0.1) is 0 Å². The number of ether oxygens (including phenoxy) is 1. The van der Waals surface area contributed by atoms with E-state index in [1.807, 2.05) is 0 Å². The van der Waals surface area contributed by atoms with E-state index in [1.165, 1.54) is 6.92 Å². The highest BCUT2D eigenvalue weighted by atomic mass is 19.4. The highest BCUT2D eigenvalue weighted by Crippen LogP contribution is 2.28. The molecule has 2 amide bonds. The van der Waals surface area contributed by atoms with Crippen molar-refractivity contribution in [3.8, 4) is 0 Å². The van der Waals surface area contributed by atoms with E-state index in [2.05, 4.69) is 10.1 Å². The predicted molar refractivity (Wildman–Crippen MR) is 68.5 cm³/mol. The number of halogens is 3. The fourth-order valence-corrected chi connectivity index (χ4v) is 1.36. The molecular weight excluding hydrogens is 305 g/mol. The number of nitrogens with one attached hydrogen (secondary N) is 1. The monoisotopic (exact) mass is 318 g/mol. The summed E-state index contributed by atoms with van der Waals surface area (Å²) in [5.74, 6) is -2.49. The maximum absolute atomic E-state index is 12.4. The Balaban J connectivity index is 2.56. The summed E-state index contributed by atoms with van der Waals surface area (Å²) >= 11 is 0. The fraction of sp³-hybridized carbons (Fsp3) is 0.308. The van der Waals surface area contributed by atoms with Gasteiger partial charge in [-0.2, -0.15) is 13.2 Å². The number of esters is 1. The molecule has 0 saturated carbocycles. The third-order valence-corrected chi connectivity index (χ3v) is 2.58. The van der Waals surface area contributed by atoms with Crippen LogP contribution in [0.5, 0.6) is 0 Å². The van der Waals surface area contributed by atoms with Gasteiger partial charge < -0.3 is 15.8 Å². The number of carbonyl (C=O) groups is 3. The number of primary amides is 1. The molecule has 0 unspecified atom stereocenters. The van der Waals surface area contributed by atoms with Crippen LogP contribution in [0.1, 0.15) is 22.8 Å². The smallest absolute Gasteiger partial charge is 0.416 e. The fourth-order valence-electron chi connectivity index (χ4n) is 1.36. The third kappa shape index (κ3) is 5.08. The molecular formula is C13H13F3N2O4. The van der Waals surface area contributed by atoms with Gasteiger partial charge in [-0.3, -0.25) is 14.4 Å². The second-order valence-electron chi connectivity index (χ2n) is 4.29. The van der Waals surface area contributed by atoms with E-state index < -0.39 is 42.2 Å². The average Bonchev–Trinajstić information content (AvgIpc) is 2.43. The van der Waals surface area contributed by atoms with Gasteiger partial charge in [0.25, 0.3) is 11.8 Å². The van der Waals surface area contributed by atoms with Crippen molar-refractivity contribution in [3.05, 3.63) is 35.4 Å². The number of carbonyl (C=O) groups excluding carboxylic acids is 3. The summed E-state index contributed by atoms with van der Waals surface area (Å²) in [6.45, 7) is 0.718. The summed E-state index contributed by atoms with van der Waals surface area (Å²) in [5.41, 5.74) is 3.94. The van der Waals surface area contributed by atoms with Gasteiger partial charge in [-0.05, 0) is 31.2 Å². The summed E-state index contributed by atoms with van der Waals surface area (Å²) in [5, 5.41) is 2.15. The molecule has 0 radical (unpaired) electrons. The maximum atomic E-state index is 12.4. The minimum Gasteiger partial charge on any atom is -0.451 e. The lowest BCUT2D eigenvalue weighted by Gasteiger charge is -2.10. The zero-order chi connectivity index (χ0) is 16.9. The Bertz CT molecular complexity index is 570. The molecule has 1 atom stereocenters. The Morgan fingerprint density at radius 3 is 2.23 bits per heavy atom. The first-order valence-corrected chi connectivity index (χ1v) is 6.05. The van der Waals surface area contributed by atoms with E-state index in [0.29, 0.717) is 0 Å². The van der Waals surface area contributed by atoms with E-state index in [-0.39, 0.29) is 5.56 Å². The van der Waals surface area contributed by atoms with Gasteiger partial charge in [-0.1, -0.05) is 0 Å². The van der Waals surface area contributed by atoms with E-state index >= 15 is 0 Å². The van der Waals surface area contributed by atoms with Gasteiger partial charge in [-0.15, -0.1) is 0 Å². The second kappa shape index (κ2) is 6.92. The molecule has 1 aromatic carbocycles. The van der Waals surface area contributed by atoms with Crippen LogP contribution in [0.15, 0.2) is 24.3 Å². The summed E-state index contributed by atoms with van der Waals surface area (Å²) in [7, 11) is 0. The van der Waals surface area contributed by atoms with Crippen molar-refractivity contribution in [2.45, 2.75) is 19.2 Å². The van der Waals surface area contributed by atoms with Gasteiger partial charge in [0.15, 0.2) is 6.10 Å². The minimum absolute atomic E-state index is 0.0521. The second-order valence-corrected chi connectivity index (χ2v) is 4.29. The van der Waals surface area contributed by atoms with E-state index in [1.54, 1.807) is 0 Å². The van der Waals surface area contributed by atoms with Crippen LogP contribution >= 0.6 is 0 Å². The number of benzene rings is 1. The molecule has 0 aliphatic heterocycles. The predicted octanol–water partition coefficient (Wildman–Crippen LogP) is 0.852. The topological polar surface area (TPSA) is 98.5 Å². The van der Waals surface area contributed by atoms with Gasteiger partial charge in [0.1, 0.15) is 6.54 Å². The summed E-state index contributed by atoms with van der Waals surface area (Å²) in [4.78, 5) is 33.6. The quantitative estimate of drug-likeness (QED) is 0.786. The highest BCUT2D eigenvalue weighted by molar-refractivity contribution is 5.96. The zero-order valence-electron chi connectivity index (χ0n) is 11.4. The summed E-state index contributed by atoms with van der Waals surface area (Å²) < 4.78 is 41.7. The molecule has 22 heavy (non-hydrogen) atoms. The lowest BCUT2D eigenvalue weighted by Crippen LogP contribution is -2.36. The summed E-state index contributed by atoms with van der Waals surface area (Å²) in [6.07, 6.45) is -5.64. The van der Waals surface area contributed by atoms with Gasteiger partial charge in [0.2, 0.25) is 0 Å². The molecule has 9 heteroatoms. The molecule has 3 N–H and O–H groups in total. The first-order valence-electron chi connectivity index (χ1n) is 6.05. The molecule has 0 aromatic heterocycles. The standard InChI is InChI=1S/C13H13F3N2O4/c1-7(11(17)20)22-10(19)6-18-12(21)8-2-4-9(5-3-8)13(14,15)16/h2-5,7H,6H2,1H3,(H2,17,20)(H,18,21)/t7-/m1/s1. The Kier molecular flexibility index (Phi) is 5.50. The molecule has 0 heterocycles. The lowest BCUT2D eigenvalue weighted by molar-refractivity contribution is -0.152. The zero-order valence-corrected chi connectivity index (χ0v) is 11.4. The van der Waals surface area contributed by atoms with Crippen molar-refractivity contribution in [2.75, 3.05) is 6.54 Å². The molecule has 120 valence electrons. The van der Waals surface area contributed by atoms with E-state index in [9.17, 15) is 27.6 Å². The van der Waals surface area contributed by atoms with Crippen LogP contribution < -0.4 is 11.1 Å². The number of amides is 2. The van der Waals surface area contributed by atoms with Gasteiger partial charge in [0.05, 0.1) is 5.56 Å². The van der Waals surface area contributed by atoms with Crippen LogP contribution in [-0.4, -0.2) is 30.4 Å². The highest BCUT2D eigenvalue weighted by Gasteiger charge is 2.30. The maximum Gasteiger partial charge on any atom is 0.416 e. The largest absolute Gasteiger partial charge is 0.451 e. The minimum atomic E-state index is -4.50. The first-order chi connectivity index (χ1) is 10.1. The van der Waals surface area contributed by atoms with Crippen molar-refractivity contribution >= 4 is 17.8 Å². The normalized spacial score (nSPS) is 12.4. The van der Waals surface area contributed by atoms with Crippen molar-refractivity contribution in [2.24, 2.45) is 5.73 Å². The average molecular weight is 318 g/mol. The SMILES string of the molecule is C[C@@H](OC(=O)CNC(=O)c1ccc(C(F)(F)F)cc1)C(N)=O. The molecule has 0 fully saturated rings. The van der Waals surface area contributed by atoms with Crippen molar-refractivity contribution in [3.63, 3.8) is 0 Å². The molecule has 0 aliphatic rings. The molecule has 0 bridgehead atoms. The molecule has 1 aromatic rings. The third-order valence-electron chi connectivity index (χ3n) is 2.58. The van der Waals surface area contributed by atoms with Crippen molar-refractivity contribution in [1.29, 1.82) is 0 Å². The van der Waals surface area contributed by atoms with Crippen LogP contribution in [0.3, 0.4) is 0 Å². The van der Waals surface area contributed by atoms with Gasteiger partial charge in [0, 0.05) is 5.56 Å². The Hall–Kier alpha value is -2.58. The Labute approximate surface area is 123 Å². The number of alkyl halides is 3. The molecule has 6 nitrogen and oxygen atoms in total. The number of hydrogen-bond donors (Lipinski definition) is 2. The number of nitrogens with two attached hydrogens (primary N) is 1. The van der Waals surface area contributed by atoms with Crippen molar-refractivity contribution in [1.82, 2.24) is 5.32 Å². The first kappa shape index (κ1) is 17.5. The van der Waals surface area contributed by atoms with E-state index in [4.69, 9.17) is 5.73 Å². The van der Waals surface area contributed by atoms with Crippen LogP contribution in [0.25, 0.3) is 0 Å².